The Balaban J connectivity index is 2.85. The van der Waals surface area contributed by atoms with Crippen LogP contribution in [0.5, 0.6) is 0 Å². The molecule has 0 aromatic heterocycles. The highest BCUT2D eigenvalue weighted by Gasteiger charge is 2.46. The molecule has 7 heteroatoms. The van der Waals surface area contributed by atoms with Crippen molar-refractivity contribution >= 4 is 9.84 Å². The van der Waals surface area contributed by atoms with Gasteiger partial charge in [0.2, 0.25) is 0 Å². The van der Waals surface area contributed by atoms with Crippen molar-refractivity contribution < 1.29 is 26.7 Å². The molecule has 1 N–H and O–H groups in total. The largest absolute Gasteiger partial charge is 0.501 e. The second-order valence-electron chi connectivity index (χ2n) is 5.08. The predicted octanol–water partition coefficient (Wildman–Crippen LogP) is 2.93. The van der Waals surface area contributed by atoms with Crippen LogP contribution in [0.3, 0.4) is 0 Å². The Hall–Kier alpha value is -1.08. The summed E-state index contributed by atoms with van der Waals surface area (Å²) in [5, 5.41) is 9.73. The Kier molecular flexibility index (Phi) is 5.21. The Bertz CT molecular complexity index is 533. The van der Waals surface area contributed by atoms with Gasteiger partial charge in [-0.15, -0.1) is 0 Å². The minimum absolute atomic E-state index is 0.282. The molecule has 1 rings (SSSR count). The van der Waals surface area contributed by atoms with Crippen molar-refractivity contribution in [3.05, 3.63) is 29.8 Å². The van der Waals surface area contributed by atoms with Gasteiger partial charge in [0.15, 0.2) is 0 Å². The zero-order valence-electron chi connectivity index (χ0n) is 11.2. The number of sulfone groups is 1. The summed E-state index contributed by atoms with van der Waals surface area (Å²) >= 11 is 0. The highest BCUT2D eigenvalue weighted by molar-refractivity contribution is 7.92. The third kappa shape index (κ3) is 4.21. The number of rotatable bonds is 5. The molecule has 0 saturated heterocycles. The maximum atomic E-state index is 12.3. The van der Waals surface area contributed by atoms with Crippen molar-refractivity contribution in [2.45, 2.75) is 43.2 Å². The lowest BCUT2D eigenvalue weighted by molar-refractivity contribution is -0.0436. The van der Waals surface area contributed by atoms with Crippen LogP contribution in [0.1, 0.15) is 25.8 Å². The summed E-state index contributed by atoms with van der Waals surface area (Å²) < 4.78 is 59.4. The van der Waals surface area contributed by atoms with Crippen molar-refractivity contribution in [2.75, 3.05) is 0 Å². The molecule has 114 valence electrons. The first-order valence-electron chi connectivity index (χ1n) is 6.12. The molecule has 3 nitrogen and oxygen atoms in total. The Morgan fingerprint density at radius 3 is 2.05 bits per heavy atom. The molecule has 0 amide bonds. The average molecular weight is 310 g/mol. The summed E-state index contributed by atoms with van der Waals surface area (Å²) in [6.45, 7) is 3.89. The van der Waals surface area contributed by atoms with Crippen LogP contribution in [0, 0.1) is 5.92 Å². The molecule has 0 saturated carbocycles. The molecular formula is C13H17F3O3S. The third-order valence-corrected chi connectivity index (χ3v) is 4.26. The van der Waals surface area contributed by atoms with Crippen molar-refractivity contribution in [1.82, 2.24) is 0 Å². The second kappa shape index (κ2) is 6.13. The first-order chi connectivity index (χ1) is 9.04. The minimum Gasteiger partial charge on any atom is -0.393 e. The van der Waals surface area contributed by atoms with E-state index in [1.807, 2.05) is 13.8 Å². The minimum atomic E-state index is -5.30. The van der Waals surface area contributed by atoms with E-state index in [0.29, 0.717) is 17.9 Å². The molecule has 0 spiro atoms. The number of benzene rings is 1. The van der Waals surface area contributed by atoms with E-state index in [-0.39, 0.29) is 6.42 Å². The van der Waals surface area contributed by atoms with Gasteiger partial charge in [0.1, 0.15) is 0 Å². The highest BCUT2D eigenvalue weighted by atomic mass is 32.2. The summed E-state index contributed by atoms with van der Waals surface area (Å²) in [7, 11) is -5.30. The predicted molar refractivity (Wildman–Crippen MR) is 68.8 cm³/mol. The van der Waals surface area contributed by atoms with Crippen LogP contribution in [0.25, 0.3) is 0 Å². The van der Waals surface area contributed by atoms with Crippen LogP contribution in [-0.4, -0.2) is 25.1 Å². The Morgan fingerprint density at radius 2 is 1.65 bits per heavy atom. The maximum Gasteiger partial charge on any atom is 0.501 e. The van der Waals surface area contributed by atoms with Crippen LogP contribution in [0.2, 0.25) is 0 Å². The third-order valence-electron chi connectivity index (χ3n) is 2.75. The van der Waals surface area contributed by atoms with Crippen LogP contribution >= 0.6 is 0 Å². The summed E-state index contributed by atoms with van der Waals surface area (Å²) in [6, 6.07) is 4.42. The normalized spacial score (nSPS) is 14.6. The summed E-state index contributed by atoms with van der Waals surface area (Å²) in [5.41, 5.74) is -4.70. The van der Waals surface area contributed by atoms with Crippen LogP contribution < -0.4 is 0 Å². The van der Waals surface area contributed by atoms with Gasteiger partial charge in [-0.25, -0.2) is 8.42 Å². The molecule has 1 aromatic carbocycles. The van der Waals surface area contributed by atoms with Gasteiger partial charge in [-0.05, 0) is 36.5 Å². The second-order valence-corrected chi connectivity index (χ2v) is 7.02. The van der Waals surface area contributed by atoms with E-state index in [1.165, 1.54) is 12.1 Å². The van der Waals surface area contributed by atoms with Crippen molar-refractivity contribution in [3.8, 4) is 0 Å². The van der Waals surface area contributed by atoms with Crippen molar-refractivity contribution in [1.29, 1.82) is 0 Å². The molecule has 1 aromatic rings. The molecule has 0 aliphatic carbocycles. The zero-order chi connectivity index (χ0) is 15.6. The Morgan fingerprint density at radius 1 is 1.15 bits per heavy atom. The number of hydrogen-bond donors (Lipinski definition) is 1. The average Bonchev–Trinajstić information content (AvgIpc) is 2.26. The van der Waals surface area contributed by atoms with Gasteiger partial charge in [0.05, 0.1) is 11.0 Å². The molecule has 20 heavy (non-hydrogen) atoms. The van der Waals surface area contributed by atoms with Crippen LogP contribution in [0.4, 0.5) is 13.2 Å². The number of aliphatic hydroxyl groups excluding tert-OH is 1. The van der Waals surface area contributed by atoms with Gasteiger partial charge < -0.3 is 5.11 Å². The fraction of sp³-hybridized carbons (Fsp3) is 0.538. The van der Waals surface area contributed by atoms with Gasteiger partial charge in [-0.2, -0.15) is 13.2 Å². The van der Waals surface area contributed by atoms with Gasteiger partial charge >= 0.3 is 5.51 Å². The first kappa shape index (κ1) is 17.0. The van der Waals surface area contributed by atoms with Crippen molar-refractivity contribution in [2.24, 2.45) is 5.92 Å². The maximum absolute atomic E-state index is 12.3. The molecule has 0 heterocycles. The molecule has 0 aliphatic rings. The van der Waals surface area contributed by atoms with E-state index in [2.05, 4.69) is 0 Å². The van der Waals surface area contributed by atoms with Gasteiger partial charge in [0, 0.05) is 0 Å². The fourth-order valence-electron chi connectivity index (χ4n) is 1.84. The summed E-state index contributed by atoms with van der Waals surface area (Å²) in [5.74, 6) is 0.301. The van der Waals surface area contributed by atoms with Crippen molar-refractivity contribution in [3.63, 3.8) is 0 Å². The van der Waals surface area contributed by atoms with E-state index in [0.717, 1.165) is 12.1 Å². The number of halogens is 3. The lowest BCUT2D eigenvalue weighted by Crippen LogP contribution is -2.23. The molecule has 0 fully saturated rings. The SMILES string of the molecule is CC(C)CC(O)Cc1ccc(S(=O)(=O)C(F)(F)F)cc1. The quantitative estimate of drug-likeness (QED) is 0.910. The van der Waals surface area contributed by atoms with E-state index >= 15 is 0 Å². The topological polar surface area (TPSA) is 54.4 Å². The summed E-state index contributed by atoms with van der Waals surface area (Å²) in [4.78, 5) is -0.785. The van der Waals surface area contributed by atoms with E-state index < -0.39 is 26.3 Å². The van der Waals surface area contributed by atoms with E-state index in [4.69, 9.17) is 0 Å². The van der Waals surface area contributed by atoms with Gasteiger partial charge in [0.25, 0.3) is 9.84 Å². The van der Waals surface area contributed by atoms with Crippen LogP contribution in [-0.2, 0) is 16.3 Å². The lowest BCUT2D eigenvalue weighted by atomic mass is 10.00. The zero-order valence-corrected chi connectivity index (χ0v) is 12.0. The lowest BCUT2D eigenvalue weighted by Gasteiger charge is -2.13. The molecule has 0 radical (unpaired) electrons. The molecule has 1 unspecified atom stereocenters. The smallest absolute Gasteiger partial charge is 0.393 e. The number of hydrogen-bond acceptors (Lipinski definition) is 3. The molecular weight excluding hydrogens is 293 g/mol. The highest BCUT2D eigenvalue weighted by Crippen LogP contribution is 2.30. The van der Waals surface area contributed by atoms with E-state index in [1.54, 1.807) is 0 Å². The van der Waals surface area contributed by atoms with Gasteiger partial charge in [-0.3, -0.25) is 0 Å². The Labute approximate surface area is 116 Å². The number of alkyl halides is 3. The van der Waals surface area contributed by atoms with Gasteiger partial charge in [-0.1, -0.05) is 26.0 Å². The van der Waals surface area contributed by atoms with E-state index in [9.17, 15) is 26.7 Å². The summed E-state index contributed by atoms with van der Waals surface area (Å²) in [6.07, 6.45) is 0.257. The molecule has 0 aliphatic heterocycles. The molecule has 1 atom stereocenters. The molecule has 0 bridgehead atoms. The number of aliphatic hydroxyl groups is 1. The monoisotopic (exact) mass is 310 g/mol. The van der Waals surface area contributed by atoms with Crippen LogP contribution in [0.15, 0.2) is 29.2 Å². The first-order valence-corrected chi connectivity index (χ1v) is 7.60. The fourth-order valence-corrected chi connectivity index (χ4v) is 2.60. The standard InChI is InChI=1S/C13H17F3O3S/c1-9(2)7-11(17)8-10-3-5-12(6-4-10)20(18,19)13(14,15)16/h3-6,9,11,17H,7-8H2,1-2H3.